The fourth-order valence-electron chi connectivity index (χ4n) is 2.84. The topological polar surface area (TPSA) is 84.0 Å². The van der Waals surface area contributed by atoms with Crippen molar-refractivity contribution >= 4 is 5.84 Å². The molecule has 3 N–H and O–H groups in total. The van der Waals surface area contributed by atoms with Crippen LogP contribution in [0.1, 0.15) is 29.7 Å². The first-order valence-electron chi connectivity index (χ1n) is 6.79. The van der Waals surface area contributed by atoms with Crippen molar-refractivity contribution in [2.24, 2.45) is 10.9 Å². The largest absolute Gasteiger partial charge is 0.496 e. The maximum absolute atomic E-state index is 8.85. The molecule has 1 aliphatic heterocycles. The van der Waals surface area contributed by atoms with E-state index in [-0.39, 0.29) is 11.9 Å². The number of nitrogens with zero attached hydrogens (tertiary/aromatic N) is 3. The Morgan fingerprint density at radius 1 is 1.60 bits per heavy atom. The summed E-state index contributed by atoms with van der Waals surface area (Å²) in [6.07, 6.45) is 3.79. The lowest BCUT2D eigenvalue weighted by atomic mass is 10.1. The molecule has 1 fully saturated rings. The van der Waals surface area contributed by atoms with Gasteiger partial charge in [0, 0.05) is 23.9 Å². The summed E-state index contributed by atoms with van der Waals surface area (Å²) in [5, 5.41) is 12.0. The van der Waals surface area contributed by atoms with Gasteiger partial charge < -0.3 is 15.7 Å². The molecule has 0 spiro atoms. The molecule has 1 aromatic heterocycles. The van der Waals surface area contributed by atoms with E-state index in [1.165, 1.54) is 0 Å². The van der Waals surface area contributed by atoms with Crippen LogP contribution in [0.15, 0.2) is 11.4 Å². The van der Waals surface area contributed by atoms with Crippen LogP contribution in [-0.4, -0.2) is 40.6 Å². The fourth-order valence-corrected chi connectivity index (χ4v) is 2.84. The van der Waals surface area contributed by atoms with Crippen LogP contribution in [0.2, 0.25) is 0 Å². The lowest BCUT2D eigenvalue weighted by Gasteiger charge is -2.24. The first-order chi connectivity index (χ1) is 9.58. The van der Waals surface area contributed by atoms with Crippen molar-refractivity contribution in [1.29, 1.82) is 0 Å². The number of aryl methyl sites for hydroxylation is 1. The van der Waals surface area contributed by atoms with Gasteiger partial charge in [0.15, 0.2) is 5.84 Å². The average Bonchev–Trinajstić information content (AvgIpc) is 2.90. The summed E-state index contributed by atoms with van der Waals surface area (Å²) in [6, 6.07) is -0.00602. The molecule has 20 heavy (non-hydrogen) atoms. The standard InChI is InChI=1S/C14H22N4O2/c1-9-7-16-11(10(2)13(9)20-3)8-18-6-4-5-12(18)14(15)17-19/h7,12,19H,4-6,8H2,1-3H3,(H2,15,17). The van der Waals surface area contributed by atoms with Crippen molar-refractivity contribution in [3.05, 3.63) is 23.0 Å². The van der Waals surface area contributed by atoms with Crippen molar-refractivity contribution in [3.63, 3.8) is 0 Å². The number of amidine groups is 1. The number of rotatable bonds is 4. The molecule has 0 amide bonds. The van der Waals surface area contributed by atoms with E-state index in [9.17, 15) is 0 Å². The third-order valence-corrected chi connectivity index (χ3v) is 3.92. The Morgan fingerprint density at radius 3 is 3.00 bits per heavy atom. The predicted octanol–water partition coefficient (Wildman–Crippen LogP) is 1.42. The van der Waals surface area contributed by atoms with E-state index in [1.807, 2.05) is 20.0 Å². The highest BCUT2D eigenvalue weighted by atomic mass is 16.5. The smallest absolute Gasteiger partial charge is 0.156 e. The second-order valence-electron chi connectivity index (χ2n) is 5.20. The molecule has 0 radical (unpaired) electrons. The number of oxime groups is 1. The monoisotopic (exact) mass is 278 g/mol. The summed E-state index contributed by atoms with van der Waals surface area (Å²) in [6.45, 7) is 5.61. The van der Waals surface area contributed by atoms with Crippen molar-refractivity contribution in [2.45, 2.75) is 39.3 Å². The van der Waals surface area contributed by atoms with Gasteiger partial charge in [-0.2, -0.15) is 0 Å². The average molecular weight is 278 g/mol. The third kappa shape index (κ3) is 2.70. The van der Waals surface area contributed by atoms with Gasteiger partial charge in [0.25, 0.3) is 0 Å². The number of hydrogen-bond acceptors (Lipinski definition) is 5. The van der Waals surface area contributed by atoms with E-state index < -0.39 is 0 Å². The Labute approximate surface area is 119 Å². The molecule has 0 bridgehead atoms. The summed E-state index contributed by atoms with van der Waals surface area (Å²) >= 11 is 0. The van der Waals surface area contributed by atoms with E-state index in [4.69, 9.17) is 15.7 Å². The summed E-state index contributed by atoms with van der Waals surface area (Å²) in [5.74, 6) is 1.16. The van der Waals surface area contributed by atoms with Gasteiger partial charge in [0.2, 0.25) is 0 Å². The molecule has 2 heterocycles. The zero-order chi connectivity index (χ0) is 14.7. The maximum Gasteiger partial charge on any atom is 0.156 e. The molecular weight excluding hydrogens is 256 g/mol. The summed E-state index contributed by atoms with van der Waals surface area (Å²) < 4.78 is 5.43. The van der Waals surface area contributed by atoms with Gasteiger partial charge in [-0.3, -0.25) is 9.88 Å². The highest BCUT2D eigenvalue weighted by Crippen LogP contribution is 2.27. The maximum atomic E-state index is 8.85. The van der Waals surface area contributed by atoms with Crippen LogP contribution >= 0.6 is 0 Å². The minimum Gasteiger partial charge on any atom is -0.496 e. The molecule has 1 saturated heterocycles. The molecule has 1 aliphatic rings. The Bertz CT molecular complexity index is 516. The number of nitrogens with two attached hydrogens (primary N) is 1. The number of pyridine rings is 1. The van der Waals surface area contributed by atoms with Gasteiger partial charge in [0.1, 0.15) is 5.75 Å². The van der Waals surface area contributed by atoms with Gasteiger partial charge in [-0.1, -0.05) is 5.16 Å². The first-order valence-corrected chi connectivity index (χ1v) is 6.79. The second kappa shape index (κ2) is 6.09. The molecular formula is C14H22N4O2. The van der Waals surface area contributed by atoms with Crippen LogP contribution < -0.4 is 10.5 Å². The van der Waals surface area contributed by atoms with Gasteiger partial charge in [-0.05, 0) is 33.2 Å². The van der Waals surface area contributed by atoms with Gasteiger partial charge in [-0.15, -0.1) is 0 Å². The zero-order valence-corrected chi connectivity index (χ0v) is 12.3. The minimum atomic E-state index is -0.00602. The second-order valence-corrected chi connectivity index (χ2v) is 5.20. The van der Waals surface area contributed by atoms with Crippen molar-refractivity contribution < 1.29 is 9.94 Å². The molecule has 1 aromatic rings. The minimum absolute atomic E-state index is 0.00602. The van der Waals surface area contributed by atoms with E-state index in [0.717, 1.165) is 42.0 Å². The fraction of sp³-hybridized carbons (Fsp3) is 0.571. The highest BCUT2D eigenvalue weighted by molar-refractivity contribution is 5.85. The van der Waals surface area contributed by atoms with Crippen LogP contribution in [0, 0.1) is 13.8 Å². The Hall–Kier alpha value is -1.82. The van der Waals surface area contributed by atoms with Gasteiger partial charge >= 0.3 is 0 Å². The third-order valence-electron chi connectivity index (χ3n) is 3.92. The summed E-state index contributed by atoms with van der Waals surface area (Å²) in [7, 11) is 1.67. The molecule has 110 valence electrons. The summed E-state index contributed by atoms with van der Waals surface area (Å²) in [4.78, 5) is 6.70. The zero-order valence-electron chi connectivity index (χ0n) is 12.3. The Kier molecular flexibility index (Phi) is 4.44. The van der Waals surface area contributed by atoms with Crippen LogP contribution in [0.4, 0.5) is 0 Å². The first kappa shape index (κ1) is 14.6. The number of ether oxygens (including phenoxy) is 1. The van der Waals surface area contributed by atoms with Crippen LogP contribution in [-0.2, 0) is 6.54 Å². The lowest BCUT2D eigenvalue weighted by Crippen LogP contribution is -2.40. The molecule has 1 atom stereocenters. The molecule has 0 aromatic carbocycles. The van der Waals surface area contributed by atoms with Crippen molar-refractivity contribution in [3.8, 4) is 5.75 Å². The van der Waals surface area contributed by atoms with Crippen molar-refractivity contribution in [1.82, 2.24) is 9.88 Å². The highest BCUT2D eigenvalue weighted by Gasteiger charge is 2.29. The Balaban J connectivity index is 2.22. The Morgan fingerprint density at radius 2 is 2.35 bits per heavy atom. The summed E-state index contributed by atoms with van der Waals surface area (Å²) in [5.41, 5.74) is 8.81. The normalized spacial score (nSPS) is 20.4. The molecule has 0 aliphatic carbocycles. The lowest BCUT2D eigenvalue weighted by molar-refractivity contribution is 0.271. The number of methoxy groups -OCH3 is 1. The van der Waals surface area contributed by atoms with E-state index in [1.54, 1.807) is 7.11 Å². The number of aromatic nitrogens is 1. The van der Waals surface area contributed by atoms with E-state index >= 15 is 0 Å². The van der Waals surface area contributed by atoms with Crippen LogP contribution in [0.5, 0.6) is 5.75 Å². The van der Waals surface area contributed by atoms with Gasteiger partial charge in [0.05, 0.1) is 18.8 Å². The quantitative estimate of drug-likeness (QED) is 0.376. The molecule has 1 unspecified atom stereocenters. The number of hydrogen-bond donors (Lipinski definition) is 2. The molecule has 6 nitrogen and oxygen atoms in total. The van der Waals surface area contributed by atoms with Crippen LogP contribution in [0.25, 0.3) is 0 Å². The van der Waals surface area contributed by atoms with Crippen molar-refractivity contribution in [2.75, 3.05) is 13.7 Å². The van der Waals surface area contributed by atoms with E-state index in [0.29, 0.717) is 6.54 Å². The molecule has 6 heteroatoms. The molecule has 0 saturated carbocycles. The number of likely N-dealkylation sites (tertiary alicyclic amines) is 1. The van der Waals surface area contributed by atoms with Gasteiger partial charge in [-0.25, -0.2) is 0 Å². The molecule has 2 rings (SSSR count). The van der Waals surface area contributed by atoms with Crippen LogP contribution in [0.3, 0.4) is 0 Å². The van der Waals surface area contributed by atoms with E-state index in [2.05, 4.69) is 15.0 Å². The SMILES string of the molecule is COc1c(C)cnc(CN2CCCC2C(N)=NO)c1C. The predicted molar refractivity (Wildman–Crippen MR) is 77.1 cm³/mol.